The summed E-state index contributed by atoms with van der Waals surface area (Å²) in [5.41, 5.74) is 1.37. The van der Waals surface area contributed by atoms with Gasteiger partial charge >= 0.3 is 0 Å². The highest BCUT2D eigenvalue weighted by molar-refractivity contribution is 6.01. The number of hydrogen-bond acceptors (Lipinski definition) is 4. The maximum atomic E-state index is 11.4. The molecule has 0 atom stereocenters. The number of methoxy groups -OCH3 is 2. The second kappa shape index (κ2) is 4.81. The lowest BCUT2D eigenvalue weighted by Crippen LogP contribution is -2.26. The second-order valence-corrected chi connectivity index (χ2v) is 5.14. The Labute approximate surface area is 123 Å². The number of ketones is 1. The molecule has 0 aromatic heterocycles. The quantitative estimate of drug-likeness (QED) is 0.907. The number of phenols is 1. The minimum atomic E-state index is -0.397. The Morgan fingerprint density at radius 3 is 2.48 bits per heavy atom. The van der Waals surface area contributed by atoms with E-state index < -0.39 is 5.41 Å². The number of allylic oxidation sites excluding steroid dienone is 5. The number of phenolic OH excluding ortho intramolecular Hbond substituents is 1. The Morgan fingerprint density at radius 2 is 1.86 bits per heavy atom. The van der Waals surface area contributed by atoms with Crippen molar-refractivity contribution in [1.29, 1.82) is 0 Å². The van der Waals surface area contributed by atoms with Crippen LogP contribution in [0.2, 0.25) is 0 Å². The molecule has 21 heavy (non-hydrogen) atoms. The van der Waals surface area contributed by atoms with Crippen molar-refractivity contribution >= 4 is 11.9 Å². The van der Waals surface area contributed by atoms with Crippen molar-refractivity contribution in [3.05, 3.63) is 47.6 Å². The maximum Gasteiger partial charge on any atom is 0.201 e. The smallest absolute Gasteiger partial charge is 0.201 e. The van der Waals surface area contributed by atoms with Gasteiger partial charge in [-0.3, -0.25) is 4.79 Å². The predicted octanol–water partition coefficient (Wildman–Crippen LogP) is 2.76. The molecule has 0 fully saturated rings. The molecule has 4 heteroatoms. The summed E-state index contributed by atoms with van der Waals surface area (Å²) in [7, 11) is 3.02. The summed E-state index contributed by atoms with van der Waals surface area (Å²) in [5.74, 6) is 0.715. The van der Waals surface area contributed by atoms with Crippen LogP contribution in [0, 0.1) is 0 Å². The summed E-state index contributed by atoms with van der Waals surface area (Å²) in [6.45, 7) is 0. The minimum Gasteiger partial charge on any atom is -0.502 e. The zero-order valence-corrected chi connectivity index (χ0v) is 11.9. The van der Waals surface area contributed by atoms with Crippen LogP contribution in [0.25, 0.3) is 6.08 Å². The highest BCUT2D eigenvalue weighted by Crippen LogP contribution is 2.49. The van der Waals surface area contributed by atoms with E-state index in [-0.39, 0.29) is 11.5 Å². The van der Waals surface area contributed by atoms with Crippen molar-refractivity contribution in [2.24, 2.45) is 0 Å². The molecular formula is C17H16O4. The van der Waals surface area contributed by atoms with Gasteiger partial charge in [-0.25, -0.2) is 0 Å². The number of hydrogen-bond donors (Lipinski definition) is 1. The average molecular weight is 284 g/mol. The van der Waals surface area contributed by atoms with Crippen LogP contribution in [0.15, 0.2) is 36.4 Å². The lowest BCUT2D eigenvalue weighted by atomic mass is 9.70. The van der Waals surface area contributed by atoms with E-state index in [4.69, 9.17) is 9.47 Å². The Morgan fingerprint density at radius 1 is 1.14 bits per heavy atom. The Balaban J connectivity index is 2.28. The average Bonchev–Trinajstić information content (AvgIpc) is 2.50. The standard InChI is InChI=1S/C17H16O4/c1-20-14-10-13-12(16(21-2)15(14)19)4-3-7-17(13)8-5-11(18)6-9-17/h3-6,8-10,19H,7H2,1-2H3. The molecule has 0 amide bonds. The minimum absolute atomic E-state index is 0.0136. The number of aromatic hydroxyl groups is 1. The van der Waals surface area contributed by atoms with Crippen LogP contribution in [0.4, 0.5) is 0 Å². The van der Waals surface area contributed by atoms with Crippen LogP contribution < -0.4 is 9.47 Å². The number of carbonyl (C=O) groups is 1. The van der Waals surface area contributed by atoms with Gasteiger partial charge in [0.25, 0.3) is 0 Å². The lowest BCUT2D eigenvalue weighted by Gasteiger charge is -2.34. The van der Waals surface area contributed by atoms with Gasteiger partial charge in [-0.05, 0) is 30.2 Å². The first-order chi connectivity index (χ1) is 10.1. The van der Waals surface area contributed by atoms with Gasteiger partial charge < -0.3 is 14.6 Å². The Hall–Kier alpha value is -2.49. The molecule has 2 aliphatic rings. The third kappa shape index (κ3) is 1.95. The fraction of sp³-hybridized carbons (Fsp3) is 0.235. The zero-order chi connectivity index (χ0) is 15.0. The molecule has 2 aliphatic carbocycles. The molecule has 108 valence electrons. The number of rotatable bonds is 2. The normalized spacial score (nSPS) is 17.9. The summed E-state index contributed by atoms with van der Waals surface area (Å²) in [5, 5.41) is 10.2. The molecule has 1 aromatic rings. The lowest BCUT2D eigenvalue weighted by molar-refractivity contribution is -0.110. The van der Waals surface area contributed by atoms with Crippen LogP contribution in [-0.4, -0.2) is 25.1 Å². The van der Waals surface area contributed by atoms with Gasteiger partial charge in [0.05, 0.1) is 14.2 Å². The molecule has 1 N–H and O–H groups in total. The van der Waals surface area contributed by atoms with E-state index in [0.717, 1.165) is 17.5 Å². The third-order valence-electron chi connectivity index (χ3n) is 4.01. The topological polar surface area (TPSA) is 55.8 Å². The van der Waals surface area contributed by atoms with Crippen molar-refractivity contribution in [2.45, 2.75) is 11.8 Å². The third-order valence-corrected chi connectivity index (χ3v) is 4.01. The molecule has 0 saturated heterocycles. The Bertz CT molecular complexity index is 679. The molecule has 0 radical (unpaired) electrons. The van der Waals surface area contributed by atoms with E-state index >= 15 is 0 Å². The first-order valence-electron chi connectivity index (χ1n) is 6.69. The number of ether oxygens (including phenoxy) is 2. The fourth-order valence-electron chi connectivity index (χ4n) is 2.92. The molecule has 1 spiro atoms. The van der Waals surface area contributed by atoms with Crippen molar-refractivity contribution in [3.8, 4) is 17.2 Å². The van der Waals surface area contributed by atoms with Gasteiger partial charge in [0.15, 0.2) is 17.3 Å². The Kier molecular flexibility index (Phi) is 3.09. The van der Waals surface area contributed by atoms with E-state index in [1.807, 2.05) is 24.3 Å². The van der Waals surface area contributed by atoms with Crippen LogP contribution in [0.1, 0.15) is 17.5 Å². The number of fused-ring (bicyclic) bond motifs is 2. The van der Waals surface area contributed by atoms with Gasteiger partial charge in [0, 0.05) is 11.0 Å². The first-order valence-corrected chi connectivity index (χ1v) is 6.69. The van der Waals surface area contributed by atoms with E-state index in [0.29, 0.717) is 11.5 Å². The largest absolute Gasteiger partial charge is 0.502 e. The van der Waals surface area contributed by atoms with Crippen molar-refractivity contribution < 1.29 is 19.4 Å². The highest BCUT2D eigenvalue weighted by Gasteiger charge is 2.35. The summed E-state index contributed by atoms with van der Waals surface area (Å²) in [4.78, 5) is 11.4. The summed E-state index contributed by atoms with van der Waals surface area (Å²) in [6.07, 6.45) is 11.6. The SMILES string of the molecule is COc1cc2c(c(OC)c1O)C=CCC21C=CC(=O)C=C1. The van der Waals surface area contributed by atoms with Crippen molar-refractivity contribution in [2.75, 3.05) is 14.2 Å². The molecule has 3 rings (SSSR count). The first kappa shape index (κ1) is 13.5. The second-order valence-electron chi connectivity index (χ2n) is 5.14. The molecule has 0 heterocycles. The maximum absolute atomic E-state index is 11.4. The summed E-state index contributed by atoms with van der Waals surface area (Å²) < 4.78 is 10.6. The van der Waals surface area contributed by atoms with Gasteiger partial charge in [0.2, 0.25) is 5.75 Å². The zero-order valence-electron chi connectivity index (χ0n) is 11.9. The molecule has 0 bridgehead atoms. The van der Waals surface area contributed by atoms with E-state index in [2.05, 4.69) is 0 Å². The molecular weight excluding hydrogens is 268 g/mol. The van der Waals surface area contributed by atoms with Gasteiger partial charge in [-0.15, -0.1) is 0 Å². The van der Waals surface area contributed by atoms with Gasteiger partial charge in [0.1, 0.15) is 0 Å². The number of benzene rings is 1. The van der Waals surface area contributed by atoms with Gasteiger partial charge in [-0.2, -0.15) is 0 Å². The monoisotopic (exact) mass is 284 g/mol. The van der Waals surface area contributed by atoms with Crippen LogP contribution in [0.3, 0.4) is 0 Å². The van der Waals surface area contributed by atoms with Crippen LogP contribution >= 0.6 is 0 Å². The van der Waals surface area contributed by atoms with Crippen LogP contribution in [-0.2, 0) is 10.2 Å². The highest BCUT2D eigenvalue weighted by atomic mass is 16.5. The van der Waals surface area contributed by atoms with Crippen LogP contribution in [0.5, 0.6) is 17.2 Å². The molecule has 0 unspecified atom stereocenters. The van der Waals surface area contributed by atoms with E-state index in [1.54, 1.807) is 18.2 Å². The fourth-order valence-corrected chi connectivity index (χ4v) is 2.92. The molecule has 0 aliphatic heterocycles. The number of carbonyl (C=O) groups excluding carboxylic acids is 1. The molecule has 1 aromatic carbocycles. The van der Waals surface area contributed by atoms with Crippen molar-refractivity contribution in [3.63, 3.8) is 0 Å². The predicted molar refractivity (Wildman–Crippen MR) is 79.8 cm³/mol. The van der Waals surface area contributed by atoms with E-state index in [9.17, 15) is 9.90 Å². The molecule has 0 saturated carbocycles. The van der Waals surface area contributed by atoms with Gasteiger partial charge in [-0.1, -0.05) is 24.3 Å². The van der Waals surface area contributed by atoms with E-state index in [1.165, 1.54) is 14.2 Å². The summed E-state index contributed by atoms with van der Waals surface area (Å²) >= 11 is 0. The molecule has 4 nitrogen and oxygen atoms in total. The summed E-state index contributed by atoms with van der Waals surface area (Å²) in [6, 6.07) is 1.81. The van der Waals surface area contributed by atoms with Crippen molar-refractivity contribution in [1.82, 2.24) is 0 Å².